The molecular formula is C11H13FN2O. The van der Waals surface area contributed by atoms with Crippen LogP contribution in [0.25, 0.3) is 0 Å². The molecule has 0 atom stereocenters. The van der Waals surface area contributed by atoms with E-state index in [4.69, 9.17) is 0 Å². The van der Waals surface area contributed by atoms with Gasteiger partial charge in [0.25, 0.3) is 0 Å². The van der Waals surface area contributed by atoms with Crippen molar-refractivity contribution >= 4 is 11.7 Å². The van der Waals surface area contributed by atoms with Gasteiger partial charge in [0.15, 0.2) is 0 Å². The predicted octanol–water partition coefficient (Wildman–Crippen LogP) is 2.52. The normalized spacial score (nSPS) is 9.40. The molecule has 0 aliphatic rings. The molecule has 2 N–H and O–H groups in total. The molecule has 0 aliphatic heterocycles. The van der Waals surface area contributed by atoms with Crippen LogP contribution in [0.1, 0.15) is 6.42 Å². The zero-order valence-corrected chi connectivity index (χ0v) is 8.29. The van der Waals surface area contributed by atoms with Crippen molar-refractivity contribution in [3.05, 3.63) is 42.7 Å². The lowest BCUT2D eigenvalue weighted by atomic mass is 10.3. The van der Waals surface area contributed by atoms with Crippen LogP contribution in [0.15, 0.2) is 36.9 Å². The standard InChI is InChI=1S/C11H13FN2O/c1-2-3-8-13-11(15)14-10-6-4-9(12)5-7-10/h2,4-7H,1,3,8H2,(H2,13,14,15). The highest BCUT2D eigenvalue weighted by Crippen LogP contribution is 2.07. The van der Waals surface area contributed by atoms with Crippen molar-refractivity contribution in [2.45, 2.75) is 6.42 Å². The second-order valence-corrected chi connectivity index (χ2v) is 2.97. The Kier molecular flexibility index (Phi) is 4.34. The smallest absolute Gasteiger partial charge is 0.319 e. The first-order valence-electron chi connectivity index (χ1n) is 4.63. The van der Waals surface area contributed by atoms with Crippen LogP contribution < -0.4 is 10.6 Å². The highest BCUT2D eigenvalue weighted by Gasteiger charge is 1.99. The minimum Gasteiger partial charge on any atom is -0.338 e. The summed E-state index contributed by atoms with van der Waals surface area (Å²) in [6, 6.07) is 5.28. The van der Waals surface area contributed by atoms with Crippen LogP contribution in [-0.2, 0) is 0 Å². The first kappa shape index (κ1) is 11.2. The van der Waals surface area contributed by atoms with Crippen LogP contribution in [-0.4, -0.2) is 12.6 Å². The highest BCUT2D eigenvalue weighted by molar-refractivity contribution is 5.89. The molecule has 80 valence electrons. The first-order valence-corrected chi connectivity index (χ1v) is 4.63. The van der Waals surface area contributed by atoms with E-state index in [1.165, 1.54) is 24.3 Å². The van der Waals surface area contributed by atoms with Crippen molar-refractivity contribution in [1.82, 2.24) is 5.32 Å². The number of carbonyl (C=O) groups is 1. The van der Waals surface area contributed by atoms with Gasteiger partial charge in [-0.05, 0) is 30.7 Å². The fourth-order valence-corrected chi connectivity index (χ4v) is 0.996. The average molecular weight is 208 g/mol. The minimum atomic E-state index is -0.326. The fourth-order valence-electron chi connectivity index (χ4n) is 0.996. The Hall–Kier alpha value is -1.84. The Morgan fingerprint density at radius 1 is 1.40 bits per heavy atom. The number of rotatable bonds is 4. The summed E-state index contributed by atoms with van der Waals surface area (Å²) in [6.45, 7) is 4.08. The van der Waals surface area contributed by atoms with E-state index in [9.17, 15) is 9.18 Å². The van der Waals surface area contributed by atoms with E-state index in [2.05, 4.69) is 17.2 Å². The molecule has 15 heavy (non-hydrogen) atoms. The third kappa shape index (κ3) is 4.26. The summed E-state index contributed by atoms with van der Waals surface area (Å²) in [4.78, 5) is 11.2. The number of hydrogen-bond acceptors (Lipinski definition) is 1. The molecule has 0 spiro atoms. The Morgan fingerprint density at radius 2 is 2.07 bits per heavy atom. The highest BCUT2D eigenvalue weighted by atomic mass is 19.1. The summed E-state index contributed by atoms with van der Waals surface area (Å²) in [5.41, 5.74) is 0.563. The summed E-state index contributed by atoms with van der Waals surface area (Å²) in [5.74, 6) is -0.326. The van der Waals surface area contributed by atoms with Crippen LogP contribution >= 0.6 is 0 Å². The summed E-state index contributed by atoms with van der Waals surface area (Å²) < 4.78 is 12.5. The Labute approximate surface area is 88.0 Å². The molecule has 0 radical (unpaired) electrons. The van der Waals surface area contributed by atoms with Gasteiger partial charge in [-0.1, -0.05) is 6.08 Å². The topological polar surface area (TPSA) is 41.1 Å². The van der Waals surface area contributed by atoms with Gasteiger partial charge in [0.2, 0.25) is 0 Å². The summed E-state index contributed by atoms with van der Waals surface area (Å²) in [5, 5.41) is 5.21. The number of halogens is 1. The number of amides is 2. The van der Waals surface area contributed by atoms with Gasteiger partial charge in [0, 0.05) is 12.2 Å². The molecule has 1 rings (SSSR count). The molecule has 0 saturated carbocycles. The van der Waals surface area contributed by atoms with Crippen molar-refractivity contribution in [3.63, 3.8) is 0 Å². The lowest BCUT2D eigenvalue weighted by Crippen LogP contribution is -2.29. The third-order valence-corrected chi connectivity index (χ3v) is 1.74. The van der Waals surface area contributed by atoms with Crippen LogP contribution in [0.3, 0.4) is 0 Å². The second-order valence-electron chi connectivity index (χ2n) is 2.97. The summed E-state index contributed by atoms with van der Waals surface area (Å²) in [7, 11) is 0. The van der Waals surface area contributed by atoms with Crippen LogP contribution in [0, 0.1) is 5.82 Å². The molecule has 1 aromatic rings. The Morgan fingerprint density at radius 3 is 2.67 bits per heavy atom. The molecule has 0 unspecified atom stereocenters. The van der Waals surface area contributed by atoms with Crippen molar-refractivity contribution in [2.24, 2.45) is 0 Å². The molecule has 0 bridgehead atoms. The quantitative estimate of drug-likeness (QED) is 0.579. The van der Waals surface area contributed by atoms with Gasteiger partial charge >= 0.3 is 6.03 Å². The molecule has 3 nitrogen and oxygen atoms in total. The molecule has 0 fully saturated rings. The average Bonchev–Trinajstić information content (AvgIpc) is 2.22. The summed E-state index contributed by atoms with van der Waals surface area (Å²) in [6.07, 6.45) is 2.44. The van der Waals surface area contributed by atoms with Gasteiger partial charge in [-0.2, -0.15) is 0 Å². The Bertz CT molecular complexity index is 335. The van der Waals surface area contributed by atoms with E-state index in [-0.39, 0.29) is 11.8 Å². The number of anilines is 1. The molecular weight excluding hydrogens is 195 g/mol. The van der Waals surface area contributed by atoms with Gasteiger partial charge in [0.05, 0.1) is 0 Å². The molecule has 0 saturated heterocycles. The number of hydrogen-bond donors (Lipinski definition) is 2. The van der Waals surface area contributed by atoms with E-state index < -0.39 is 0 Å². The maximum Gasteiger partial charge on any atom is 0.319 e. The van der Waals surface area contributed by atoms with E-state index in [1.807, 2.05) is 0 Å². The minimum absolute atomic E-state index is 0.302. The molecule has 1 aromatic carbocycles. The van der Waals surface area contributed by atoms with E-state index in [0.717, 1.165) is 6.42 Å². The van der Waals surface area contributed by atoms with Gasteiger partial charge < -0.3 is 10.6 Å². The van der Waals surface area contributed by atoms with Crippen LogP contribution in [0.2, 0.25) is 0 Å². The molecule has 4 heteroatoms. The largest absolute Gasteiger partial charge is 0.338 e. The number of benzene rings is 1. The SMILES string of the molecule is C=CCCNC(=O)Nc1ccc(F)cc1. The molecule has 0 heterocycles. The van der Waals surface area contributed by atoms with E-state index in [1.54, 1.807) is 6.08 Å². The van der Waals surface area contributed by atoms with Crippen LogP contribution in [0.4, 0.5) is 14.9 Å². The lowest BCUT2D eigenvalue weighted by molar-refractivity contribution is 0.252. The van der Waals surface area contributed by atoms with Gasteiger partial charge in [-0.25, -0.2) is 9.18 Å². The van der Waals surface area contributed by atoms with E-state index >= 15 is 0 Å². The van der Waals surface area contributed by atoms with Gasteiger partial charge in [-0.3, -0.25) is 0 Å². The maximum absolute atomic E-state index is 12.5. The monoisotopic (exact) mass is 208 g/mol. The molecule has 2 amide bonds. The number of nitrogens with one attached hydrogen (secondary N) is 2. The zero-order valence-electron chi connectivity index (χ0n) is 8.29. The Balaban J connectivity index is 2.37. The van der Waals surface area contributed by atoms with Crippen molar-refractivity contribution in [3.8, 4) is 0 Å². The maximum atomic E-state index is 12.5. The van der Waals surface area contributed by atoms with Crippen molar-refractivity contribution < 1.29 is 9.18 Å². The van der Waals surface area contributed by atoms with Gasteiger partial charge in [0.1, 0.15) is 5.82 Å². The second kappa shape index (κ2) is 5.80. The van der Waals surface area contributed by atoms with E-state index in [0.29, 0.717) is 12.2 Å². The first-order chi connectivity index (χ1) is 7.22. The van der Waals surface area contributed by atoms with Crippen molar-refractivity contribution in [2.75, 3.05) is 11.9 Å². The number of urea groups is 1. The van der Waals surface area contributed by atoms with Crippen LogP contribution in [0.5, 0.6) is 0 Å². The number of carbonyl (C=O) groups excluding carboxylic acids is 1. The lowest BCUT2D eigenvalue weighted by Gasteiger charge is -2.06. The third-order valence-electron chi connectivity index (χ3n) is 1.74. The fraction of sp³-hybridized carbons (Fsp3) is 0.182. The molecule has 0 aliphatic carbocycles. The van der Waals surface area contributed by atoms with Crippen molar-refractivity contribution in [1.29, 1.82) is 0 Å². The summed E-state index contributed by atoms with van der Waals surface area (Å²) >= 11 is 0. The zero-order chi connectivity index (χ0) is 11.1. The predicted molar refractivity (Wildman–Crippen MR) is 58.2 cm³/mol. The van der Waals surface area contributed by atoms with Gasteiger partial charge in [-0.15, -0.1) is 6.58 Å². The molecule has 0 aromatic heterocycles.